The molecule has 1 aromatic rings. The number of hydrogen-bond acceptors (Lipinski definition) is 4. The number of rotatable bonds is 1. The highest BCUT2D eigenvalue weighted by Gasteiger charge is 2.41. The number of aromatic nitrogens is 1. The largest absolute Gasteiger partial charge is 0.319 e. The first kappa shape index (κ1) is 11.6. The van der Waals surface area contributed by atoms with Crippen molar-refractivity contribution in [2.75, 3.05) is 13.1 Å². The Labute approximate surface area is 107 Å². The molecule has 0 saturated carbocycles. The third-order valence-electron chi connectivity index (χ3n) is 4.40. The van der Waals surface area contributed by atoms with Crippen LogP contribution in [0.2, 0.25) is 0 Å². The van der Waals surface area contributed by atoms with Crippen molar-refractivity contribution in [3.8, 4) is 0 Å². The number of nitrogens with two attached hydrogens (primary N) is 1. The Morgan fingerprint density at radius 2 is 2.24 bits per heavy atom. The van der Waals surface area contributed by atoms with E-state index in [1.54, 1.807) is 11.3 Å². The van der Waals surface area contributed by atoms with Crippen LogP contribution in [0.5, 0.6) is 0 Å². The number of aryl methyl sites for hydroxylation is 2. The third-order valence-corrected chi connectivity index (χ3v) is 5.69. The zero-order valence-corrected chi connectivity index (χ0v) is 11.5. The SMILES string of the molecule is Cc1nc(C2(N)CCN3CCCC3C2)sc1C. The summed E-state index contributed by atoms with van der Waals surface area (Å²) < 4.78 is 0. The molecule has 3 heterocycles. The van der Waals surface area contributed by atoms with E-state index in [4.69, 9.17) is 10.7 Å². The molecule has 3 rings (SSSR count). The zero-order chi connectivity index (χ0) is 12.0. The number of hydrogen-bond donors (Lipinski definition) is 1. The van der Waals surface area contributed by atoms with Crippen LogP contribution in [-0.4, -0.2) is 29.0 Å². The molecular formula is C13H21N3S. The second-order valence-electron chi connectivity index (χ2n) is 5.60. The Hall–Kier alpha value is -0.450. The molecule has 0 amide bonds. The molecule has 0 bridgehead atoms. The second-order valence-corrected chi connectivity index (χ2v) is 6.81. The van der Waals surface area contributed by atoms with Gasteiger partial charge in [-0.3, -0.25) is 0 Å². The highest BCUT2D eigenvalue weighted by molar-refractivity contribution is 7.11. The second kappa shape index (κ2) is 4.04. The highest BCUT2D eigenvalue weighted by atomic mass is 32.1. The molecule has 2 unspecified atom stereocenters. The van der Waals surface area contributed by atoms with Crippen molar-refractivity contribution in [3.63, 3.8) is 0 Å². The van der Waals surface area contributed by atoms with Crippen molar-refractivity contribution < 1.29 is 0 Å². The van der Waals surface area contributed by atoms with Crippen molar-refractivity contribution in [2.45, 2.75) is 51.1 Å². The monoisotopic (exact) mass is 251 g/mol. The molecule has 2 atom stereocenters. The summed E-state index contributed by atoms with van der Waals surface area (Å²) in [4.78, 5) is 8.62. The van der Waals surface area contributed by atoms with Gasteiger partial charge in [-0.15, -0.1) is 11.3 Å². The van der Waals surface area contributed by atoms with E-state index in [-0.39, 0.29) is 5.54 Å². The van der Waals surface area contributed by atoms with Crippen LogP contribution in [0, 0.1) is 13.8 Å². The molecule has 3 nitrogen and oxygen atoms in total. The fraction of sp³-hybridized carbons (Fsp3) is 0.769. The smallest absolute Gasteiger partial charge is 0.113 e. The van der Waals surface area contributed by atoms with E-state index in [9.17, 15) is 0 Å². The van der Waals surface area contributed by atoms with E-state index in [0.717, 1.165) is 25.1 Å². The molecule has 2 fully saturated rings. The molecule has 0 aromatic carbocycles. The van der Waals surface area contributed by atoms with Crippen LogP contribution in [0.25, 0.3) is 0 Å². The average molecular weight is 251 g/mol. The van der Waals surface area contributed by atoms with Gasteiger partial charge in [-0.1, -0.05) is 0 Å². The number of piperidine rings is 1. The van der Waals surface area contributed by atoms with Gasteiger partial charge in [-0.25, -0.2) is 4.98 Å². The summed E-state index contributed by atoms with van der Waals surface area (Å²) in [7, 11) is 0. The quantitative estimate of drug-likeness (QED) is 0.832. The fourth-order valence-corrected chi connectivity index (χ4v) is 4.22. The standard InChI is InChI=1S/C13H21N3S/c1-9-10(2)17-12(15-9)13(14)5-7-16-6-3-4-11(16)8-13/h11H,3-8,14H2,1-2H3. The van der Waals surface area contributed by atoms with Crippen LogP contribution in [0.15, 0.2) is 0 Å². The van der Waals surface area contributed by atoms with Gasteiger partial charge in [-0.05, 0) is 46.1 Å². The minimum atomic E-state index is -0.158. The molecule has 2 aliphatic heterocycles. The fourth-order valence-electron chi connectivity index (χ4n) is 3.17. The van der Waals surface area contributed by atoms with Crippen molar-refractivity contribution in [1.29, 1.82) is 0 Å². The Morgan fingerprint density at radius 1 is 1.41 bits per heavy atom. The lowest BCUT2D eigenvalue weighted by Crippen LogP contribution is -2.50. The molecule has 0 aliphatic carbocycles. The maximum absolute atomic E-state index is 6.64. The number of fused-ring (bicyclic) bond motifs is 1. The number of nitrogens with zero attached hydrogens (tertiary/aromatic N) is 2. The summed E-state index contributed by atoms with van der Waals surface area (Å²) >= 11 is 1.80. The van der Waals surface area contributed by atoms with Crippen LogP contribution < -0.4 is 5.73 Å². The van der Waals surface area contributed by atoms with Gasteiger partial charge in [0.1, 0.15) is 5.01 Å². The maximum atomic E-state index is 6.64. The Kier molecular flexibility index (Phi) is 2.76. The number of thiazole rings is 1. The topological polar surface area (TPSA) is 42.1 Å². The van der Waals surface area contributed by atoms with Gasteiger partial charge in [0, 0.05) is 17.5 Å². The van der Waals surface area contributed by atoms with Crippen LogP contribution in [0.3, 0.4) is 0 Å². The first-order valence-electron chi connectivity index (χ1n) is 6.56. The van der Waals surface area contributed by atoms with Gasteiger partial charge in [0.2, 0.25) is 0 Å². The Bertz CT molecular complexity index is 409. The summed E-state index contributed by atoms with van der Waals surface area (Å²) in [6.07, 6.45) is 4.83. The summed E-state index contributed by atoms with van der Waals surface area (Å²) in [6, 6.07) is 0.707. The molecular weight excluding hydrogens is 230 g/mol. The van der Waals surface area contributed by atoms with Gasteiger partial charge in [0.25, 0.3) is 0 Å². The van der Waals surface area contributed by atoms with E-state index in [1.165, 1.54) is 29.3 Å². The lowest BCUT2D eigenvalue weighted by atomic mass is 9.85. The van der Waals surface area contributed by atoms with E-state index in [2.05, 4.69) is 18.7 Å². The lowest BCUT2D eigenvalue weighted by Gasteiger charge is -2.40. The molecule has 2 N–H and O–H groups in total. The highest BCUT2D eigenvalue weighted by Crippen LogP contribution is 2.39. The summed E-state index contributed by atoms with van der Waals surface area (Å²) in [5.41, 5.74) is 7.64. The minimum Gasteiger partial charge on any atom is -0.319 e. The zero-order valence-electron chi connectivity index (χ0n) is 10.7. The Morgan fingerprint density at radius 3 is 2.94 bits per heavy atom. The van der Waals surface area contributed by atoms with Crippen molar-refractivity contribution in [2.24, 2.45) is 5.73 Å². The predicted octanol–water partition coefficient (Wildman–Crippen LogP) is 2.17. The molecule has 94 valence electrons. The van der Waals surface area contributed by atoms with Crippen molar-refractivity contribution in [3.05, 3.63) is 15.6 Å². The molecule has 0 spiro atoms. The summed E-state index contributed by atoms with van der Waals surface area (Å²) in [5, 5.41) is 1.17. The normalized spacial score (nSPS) is 33.9. The molecule has 2 aliphatic rings. The summed E-state index contributed by atoms with van der Waals surface area (Å²) in [5.74, 6) is 0. The van der Waals surface area contributed by atoms with Gasteiger partial charge in [0.05, 0.1) is 11.2 Å². The Balaban J connectivity index is 1.86. The van der Waals surface area contributed by atoms with Gasteiger partial charge >= 0.3 is 0 Å². The van der Waals surface area contributed by atoms with Crippen LogP contribution in [0.1, 0.15) is 41.3 Å². The van der Waals surface area contributed by atoms with E-state index in [1.807, 2.05) is 0 Å². The summed E-state index contributed by atoms with van der Waals surface area (Å²) in [6.45, 7) is 6.66. The van der Waals surface area contributed by atoms with Crippen LogP contribution in [-0.2, 0) is 5.54 Å². The molecule has 1 aromatic heterocycles. The third kappa shape index (κ3) is 1.92. The molecule has 17 heavy (non-hydrogen) atoms. The lowest BCUT2D eigenvalue weighted by molar-refractivity contribution is 0.130. The average Bonchev–Trinajstić information content (AvgIpc) is 2.86. The van der Waals surface area contributed by atoms with E-state index in [0.29, 0.717) is 6.04 Å². The van der Waals surface area contributed by atoms with Gasteiger partial charge < -0.3 is 10.6 Å². The van der Waals surface area contributed by atoms with Crippen LogP contribution >= 0.6 is 11.3 Å². The molecule has 4 heteroatoms. The maximum Gasteiger partial charge on any atom is 0.113 e. The van der Waals surface area contributed by atoms with E-state index >= 15 is 0 Å². The molecule has 0 radical (unpaired) electrons. The van der Waals surface area contributed by atoms with Crippen molar-refractivity contribution in [1.82, 2.24) is 9.88 Å². The minimum absolute atomic E-state index is 0.158. The molecule has 2 saturated heterocycles. The van der Waals surface area contributed by atoms with Crippen molar-refractivity contribution >= 4 is 11.3 Å². The predicted molar refractivity (Wildman–Crippen MR) is 71.3 cm³/mol. The first-order valence-corrected chi connectivity index (χ1v) is 7.37. The van der Waals surface area contributed by atoms with E-state index < -0.39 is 0 Å². The van der Waals surface area contributed by atoms with Gasteiger partial charge in [-0.2, -0.15) is 0 Å². The van der Waals surface area contributed by atoms with Gasteiger partial charge in [0.15, 0.2) is 0 Å². The first-order chi connectivity index (χ1) is 8.08. The van der Waals surface area contributed by atoms with Crippen LogP contribution in [0.4, 0.5) is 0 Å².